The molecule has 3 rings (SSSR count). The third kappa shape index (κ3) is 2.56. The summed E-state index contributed by atoms with van der Waals surface area (Å²) in [7, 11) is 0. The maximum absolute atomic E-state index is 12.4. The van der Waals surface area contributed by atoms with Crippen LogP contribution in [0.2, 0.25) is 0 Å². The van der Waals surface area contributed by atoms with Crippen LogP contribution in [0.5, 0.6) is 0 Å². The summed E-state index contributed by atoms with van der Waals surface area (Å²) in [6.07, 6.45) is 3.55. The van der Waals surface area contributed by atoms with Crippen molar-refractivity contribution < 1.29 is 9.53 Å². The van der Waals surface area contributed by atoms with E-state index in [1.165, 1.54) is 0 Å². The average Bonchev–Trinajstić information content (AvgIpc) is 2.90. The van der Waals surface area contributed by atoms with E-state index in [4.69, 9.17) is 4.74 Å². The Morgan fingerprint density at radius 2 is 2.30 bits per heavy atom. The second kappa shape index (κ2) is 5.67. The van der Waals surface area contributed by atoms with E-state index >= 15 is 0 Å². The van der Waals surface area contributed by atoms with E-state index in [9.17, 15) is 4.79 Å². The van der Waals surface area contributed by atoms with Crippen LogP contribution >= 0.6 is 0 Å². The van der Waals surface area contributed by atoms with Gasteiger partial charge in [-0.15, -0.1) is 0 Å². The Morgan fingerprint density at radius 3 is 3.15 bits per heavy atom. The van der Waals surface area contributed by atoms with Gasteiger partial charge in [0.1, 0.15) is 0 Å². The number of hydrogen-bond acceptors (Lipinski definition) is 2. The van der Waals surface area contributed by atoms with E-state index in [2.05, 4.69) is 18.0 Å². The molecule has 0 aliphatic carbocycles. The summed E-state index contributed by atoms with van der Waals surface area (Å²) in [6.45, 7) is 4.17. The zero-order valence-corrected chi connectivity index (χ0v) is 11.8. The number of ether oxygens (including phenoxy) is 1. The smallest absolute Gasteiger partial charge is 0.227 e. The molecule has 0 saturated carbocycles. The van der Waals surface area contributed by atoms with Gasteiger partial charge in [-0.25, -0.2) is 0 Å². The maximum atomic E-state index is 12.4. The number of nitrogens with zero attached hydrogens (tertiary/aromatic N) is 1. The second-order valence-corrected chi connectivity index (χ2v) is 5.28. The summed E-state index contributed by atoms with van der Waals surface area (Å²) in [5, 5.41) is 1.14. The Bertz CT molecular complexity index is 605. The van der Waals surface area contributed by atoms with E-state index < -0.39 is 0 Å². The zero-order chi connectivity index (χ0) is 13.9. The Balaban J connectivity index is 1.72. The molecule has 0 spiro atoms. The summed E-state index contributed by atoms with van der Waals surface area (Å²) in [5.41, 5.74) is 2.16. The van der Waals surface area contributed by atoms with Gasteiger partial charge in [-0.1, -0.05) is 25.1 Å². The molecular formula is C16H20N2O2. The van der Waals surface area contributed by atoms with Crippen molar-refractivity contribution >= 4 is 16.8 Å². The summed E-state index contributed by atoms with van der Waals surface area (Å²) in [5.74, 6) is 0.191. The minimum absolute atomic E-state index is 0.190. The predicted molar refractivity (Wildman–Crippen MR) is 78.6 cm³/mol. The number of carbonyl (C=O) groups is 1. The first-order chi connectivity index (χ1) is 9.78. The number of morpholine rings is 1. The van der Waals surface area contributed by atoms with Crippen LogP contribution in [-0.4, -0.2) is 41.6 Å². The number of nitrogens with one attached hydrogen (secondary N) is 1. The Hall–Kier alpha value is -1.81. The highest BCUT2D eigenvalue weighted by atomic mass is 16.5. The first kappa shape index (κ1) is 13.2. The molecule has 1 aromatic carbocycles. The first-order valence-corrected chi connectivity index (χ1v) is 7.22. The molecule has 1 amide bonds. The standard InChI is InChI=1S/C16H20N2O2/c1-2-13-11-18(7-8-20-13)16(19)9-12-10-17-15-6-4-3-5-14(12)15/h3-6,10,13,17H,2,7-9,11H2,1H3. The lowest BCUT2D eigenvalue weighted by Crippen LogP contribution is -2.45. The van der Waals surface area contributed by atoms with Crippen LogP contribution in [0.15, 0.2) is 30.5 Å². The van der Waals surface area contributed by atoms with E-state index in [1.54, 1.807) is 0 Å². The van der Waals surface area contributed by atoms with Gasteiger partial charge in [0.05, 0.1) is 19.1 Å². The Labute approximate surface area is 118 Å². The summed E-state index contributed by atoms with van der Waals surface area (Å²) in [4.78, 5) is 17.6. The molecule has 20 heavy (non-hydrogen) atoms. The third-order valence-corrected chi connectivity index (χ3v) is 3.96. The molecular weight excluding hydrogens is 252 g/mol. The molecule has 4 nitrogen and oxygen atoms in total. The fourth-order valence-corrected chi connectivity index (χ4v) is 2.75. The van der Waals surface area contributed by atoms with Crippen molar-refractivity contribution in [3.05, 3.63) is 36.0 Å². The number of para-hydroxylation sites is 1. The lowest BCUT2D eigenvalue weighted by Gasteiger charge is -2.32. The number of carbonyl (C=O) groups excluding carboxylic acids is 1. The largest absolute Gasteiger partial charge is 0.375 e. The summed E-state index contributed by atoms with van der Waals surface area (Å²) in [6, 6.07) is 8.10. The molecule has 1 N–H and O–H groups in total. The lowest BCUT2D eigenvalue weighted by molar-refractivity contribution is -0.138. The highest BCUT2D eigenvalue weighted by Crippen LogP contribution is 2.19. The summed E-state index contributed by atoms with van der Waals surface area (Å²) < 4.78 is 5.61. The molecule has 1 unspecified atom stereocenters. The van der Waals surface area contributed by atoms with Crippen molar-refractivity contribution in [3.63, 3.8) is 0 Å². The minimum Gasteiger partial charge on any atom is -0.375 e. The van der Waals surface area contributed by atoms with Gasteiger partial charge in [-0.3, -0.25) is 4.79 Å². The molecule has 1 saturated heterocycles. The lowest BCUT2D eigenvalue weighted by atomic mass is 10.1. The molecule has 4 heteroatoms. The Morgan fingerprint density at radius 1 is 1.45 bits per heavy atom. The molecule has 0 radical (unpaired) electrons. The minimum atomic E-state index is 0.190. The quantitative estimate of drug-likeness (QED) is 0.932. The first-order valence-electron chi connectivity index (χ1n) is 7.22. The molecule has 0 bridgehead atoms. The van der Waals surface area contributed by atoms with Gasteiger partial charge in [0.2, 0.25) is 5.91 Å². The number of H-pyrrole nitrogens is 1. The second-order valence-electron chi connectivity index (χ2n) is 5.28. The number of rotatable bonds is 3. The van der Waals surface area contributed by atoms with Crippen LogP contribution in [0.25, 0.3) is 10.9 Å². The van der Waals surface area contributed by atoms with Crippen molar-refractivity contribution in [2.45, 2.75) is 25.9 Å². The number of aromatic nitrogens is 1. The molecule has 106 valence electrons. The third-order valence-electron chi connectivity index (χ3n) is 3.96. The van der Waals surface area contributed by atoms with Crippen LogP contribution < -0.4 is 0 Å². The van der Waals surface area contributed by atoms with Crippen LogP contribution in [0.4, 0.5) is 0 Å². The van der Waals surface area contributed by atoms with Gasteiger partial charge < -0.3 is 14.6 Å². The van der Waals surface area contributed by atoms with Crippen molar-refractivity contribution in [1.29, 1.82) is 0 Å². The molecule has 1 atom stereocenters. The molecule has 1 aromatic heterocycles. The SMILES string of the molecule is CCC1CN(C(=O)Cc2c[nH]c3ccccc23)CCO1. The number of aromatic amines is 1. The van der Waals surface area contributed by atoms with Gasteiger partial charge in [-0.2, -0.15) is 0 Å². The fraction of sp³-hybridized carbons (Fsp3) is 0.438. The van der Waals surface area contributed by atoms with E-state index in [-0.39, 0.29) is 12.0 Å². The van der Waals surface area contributed by atoms with Crippen molar-refractivity contribution in [1.82, 2.24) is 9.88 Å². The van der Waals surface area contributed by atoms with Crippen LogP contribution in [0, 0.1) is 0 Å². The van der Waals surface area contributed by atoms with Gasteiger partial charge in [-0.05, 0) is 18.1 Å². The van der Waals surface area contributed by atoms with Crippen LogP contribution in [-0.2, 0) is 16.0 Å². The van der Waals surface area contributed by atoms with Gasteiger partial charge in [0.25, 0.3) is 0 Å². The number of benzene rings is 1. The monoisotopic (exact) mass is 272 g/mol. The van der Waals surface area contributed by atoms with Crippen molar-refractivity contribution in [2.75, 3.05) is 19.7 Å². The topological polar surface area (TPSA) is 45.3 Å². The highest BCUT2D eigenvalue weighted by molar-refractivity contribution is 5.88. The number of fused-ring (bicyclic) bond motifs is 1. The Kier molecular flexibility index (Phi) is 3.74. The average molecular weight is 272 g/mol. The predicted octanol–water partition coefficient (Wildman–Crippen LogP) is 2.35. The zero-order valence-electron chi connectivity index (χ0n) is 11.8. The fourth-order valence-electron chi connectivity index (χ4n) is 2.75. The van der Waals surface area contributed by atoms with Crippen LogP contribution in [0.1, 0.15) is 18.9 Å². The van der Waals surface area contributed by atoms with E-state index in [0.29, 0.717) is 19.6 Å². The molecule has 2 heterocycles. The van der Waals surface area contributed by atoms with Crippen molar-refractivity contribution in [3.8, 4) is 0 Å². The van der Waals surface area contributed by atoms with Gasteiger partial charge >= 0.3 is 0 Å². The summed E-state index contributed by atoms with van der Waals surface area (Å²) >= 11 is 0. The highest BCUT2D eigenvalue weighted by Gasteiger charge is 2.23. The van der Waals surface area contributed by atoms with Crippen molar-refractivity contribution in [2.24, 2.45) is 0 Å². The van der Waals surface area contributed by atoms with Gasteiger partial charge in [0.15, 0.2) is 0 Å². The molecule has 1 aliphatic heterocycles. The van der Waals surface area contributed by atoms with Gasteiger partial charge in [0, 0.05) is 30.2 Å². The number of amides is 1. The normalized spacial score (nSPS) is 19.4. The van der Waals surface area contributed by atoms with E-state index in [0.717, 1.165) is 29.4 Å². The molecule has 1 fully saturated rings. The maximum Gasteiger partial charge on any atom is 0.227 e. The molecule has 2 aromatic rings. The molecule has 1 aliphatic rings. The van der Waals surface area contributed by atoms with Crippen LogP contribution in [0.3, 0.4) is 0 Å². The number of hydrogen-bond donors (Lipinski definition) is 1. The van der Waals surface area contributed by atoms with E-state index in [1.807, 2.05) is 29.3 Å².